The molecule has 0 aliphatic heterocycles. The number of carbonyl (C=O) groups excluding carboxylic acids is 1. The molecule has 2 N–H and O–H groups in total. The molecule has 0 spiro atoms. The average Bonchev–Trinajstić information content (AvgIpc) is 2.65. The molecule has 4 heteroatoms. The van der Waals surface area contributed by atoms with Gasteiger partial charge in [-0.25, -0.2) is 0 Å². The first kappa shape index (κ1) is 14.3. The fraction of sp³-hybridized carbons (Fsp3) is 0.867. The first-order valence-electron chi connectivity index (χ1n) is 7.58. The normalized spacial score (nSPS) is 30.9. The van der Waals surface area contributed by atoms with E-state index in [-0.39, 0.29) is 11.9 Å². The molecule has 106 valence electrons. The van der Waals surface area contributed by atoms with Crippen molar-refractivity contribution >= 4 is 5.91 Å². The van der Waals surface area contributed by atoms with Crippen LogP contribution in [-0.4, -0.2) is 23.2 Å². The summed E-state index contributed by atoms with van der Waals surface area (Å²) >= 11 is 0. The van der Waals surface area contributed by atoms with Crippen molar-refractivity contribution in [2.24, 2.45) is 5.41 Å². The lowest BCUT2D eigenvalue weighted by Crippen LogP contribution is -2.49. The molecule has 0 bridgehead atoms. The van der Waals surface area contributed by atoms with Gasteiger partial charge >= 0.3 is 0 Å². The minimum absolute atomic E-state index is 0.152. The molecule has 2 unspecified atom stereocenters. The maximum atomic E-state index is 12.4. The number of nitrogens with one attached hydrogen (secondary N) is 1. The number of nitriles is 1. The van der Waals surface area contributed by atoms with Crippen LogP contribution < -0.4 is 5.32 Å². The summed E-state index contributed by atoms with van der Waals surface area (Å²) < 4.78 is 0. The standard InChI is InChI=1S/C15H24N2O2/c16-11-15(9-5-2-6-10-15)14(19)17-12-7-3-1-4-8-13(12)18/h12-13,18H,1-10H2,(H,17,19). The van der Waals surface area contributed by atoms with E-state index in [1.807, 2.05) is 0 Å². The van der Waals surface area contributed by atoms with Crippen molar-refractivity contribution in [3.05, 3.63) is 0 Å². The van der Waals surface area contributed by atoms with Crippen molar-refractivity contribution in [2.45, 2.75) is 76.4 Å². The maximum Gasteiger partial charge on any atom is 0.240 e. The Labute approximate surface area is 115 Å². The van der Waals surface area contributed by atoms with Gasteiger partial charge in [-0.15, -0.1) is 0 Å². The lowest BCUT2D eigenvalue weighted by atomic mass is 9.74. The van der Waals surface area contributed by atoms with Crippen LogP contribution in [0.4, 0.5) is 0 Å². The monoisotopic (exact) mass is 264 g/mol. The summed E-state index contributed by atoms with van der Waals surface area (Å²) in [6.07, 6.45) is 8.66. The molecule has 0 aromatic heterocycles. The molecule has 2 atom stereocenters. The highest BCUT2D eigenvalue weighted by Crippen LogP contribution is 2.36. The Morgan fingerprint density at radius 2 is 1.74 bits per heavy atom. The van der Waals surface area contributed by atoms with Gasteiger partial charge in [0.25, 0.3) is 0 Å². The van der Waals surface area contributed by atoms with Gasteiger partial charge in [0.05, 0.1) is 18.2 Å². The molecule has 0 saturated heterocycles. The Kier molecular flexibility index (Phi) is 4.81. The van der Waals surface area contributed by atoms with Gasteiger partial charge in [-0.05, 0) is 25.7 Å². The highest BCUT2D eigenvalue weighted by Gasteiger charge is 2.41. The first-order valence-corrected chi connectivity index (χ1v) is 7.58. The van der Waals surface area contributed by atoms with E-state index in [0.29, 0.717) is 12.8 Å². The molecule has 0 heterocycles. The Hall–Kier alpha value is -1.08. The van der Waals surface area contributed by atoms with E-state index < -0.39 is 11.5 Å². The van der Waals surface area contributed by atoms with Gasteiger partial charge in [0.2, 0.25) is 5.91 Å². The summed E-state index contributed by atoms with van der Waals surface area (Å²) in [4.78, 5) is 12.4. The van der Waals surface area contributed by atoms with Crippen molar-refractivity contribution in [3.8, 4) is 6.07 Å². The molecular weight excluding hydrogens is 240 g/mol. The molecule has 1 amide bonds. The van der Waals surface area contributed by atoms with Crippen LogP contribution >= 0.6 is 0 Å². The van der Waals surface area contributed by atoms with Gasteiger partial charge in [-0.1, -0.05) is 38.5 Å². The molecule has 2 aliphatic carbocycles. The molecule has 19 heavy (non-hydrogen) atoms. The molecule has 2 saturated carbocycles. The van der Waals surface area contributed by atoms with Gasteiger partial charge in [-0.3, -0.25) is 4.79 Å². The van der Waals surface area contributed by atoms with Gasteiger partial charge in [0.1, 0.15) is 5.41 Å². The third-order valence-electron chi connectivity index (χ3n) is 4.65. The van der Waals surface area contributed by atoms with Crippen LogP contribution in [0.3, 0.4) is 0 Å². The lowest BCUT2D eigenvalue weighted by molar-refractivity contribution is -0.131. The second kappa shape index (κ2) is 6.38. The van der Waals surface area contributed by atoms with Crippen LogP contribution in [0.1, 0.15) is 64.2 Å². The quantitative estimate of drug-likeness (QED) is 0.751. The second-order valence-electron chi connectivity index (χ2n) is 6.04. The van der Waals surface area contributed by atoms with Crippen molar-refractivity contribution in [1.82, 2.24) is 5.32 Å². The fourth-order valence-corrected chi connectivity index (χ4v) is 3.31. The largest absolute Gasteiger partial charge is 0.391 e. The summed E-state index contributed by atoms with van der Waals surface area (Å²) in [6, 6.07) is 2.08. The Morgan fingerprint density at radius 3 is 2.42 bits per heavy atom. The van der Waals surface area contributed by atoms with E-state index in [9.17, 15) is 15.2 Å². The summed E-state index contributed by atoms with van der Waals surface area (Å²) in [6.45, 7) is 0. The fourth-order valence-electron chi connectivity index (χ4n) is 3.31. The van der Waals surface area contributed by atoms with Crippen molar-refractivity contribution in [2.75, 3.05) is 0 Å². The zero-order valence-electron chi connectivity index (χ0n) is 11.5. The van der Waals surface area contributed by atoms with E-state index in [0.717, 1.165) is 51.4 Å². The highest BCUT2D eigenvalue weighted by atomic mass is 16.3. The van der Waals surface area contributed by atoms with Crippen molar-refractivity contribution < 1.29 is 9.90 Å². The van der Waals surface area contributed by atoms with Gasteiger partial charge in [0.15, 0.2) is 0 Å². The summed E-state index contributed by atoms with van der Waals surface area (Å²) in [5, 5.41) is 22.4. The molecule has 0 radical (unpaired) electrons. The van der Waals surface area contributed by atoms with Crippen LogP contribution in [0.5, 0.6) is 0 Å². The van der Waals surface area contributed by atoms with E-state index >= 15 is 0 Å². The molecular formula is C15H24N2O2. The van der Waals surface area contributed by atoms with Crippen LogP contribution in [0, 0.1) is 16.7 Å². The van der Waals surface area contributed by atoms with Gasteiger partial charge < -0.3 is 10.4 Å². The number of carbonyl (C=O) groups is 1. The number of amides is 1. The number of hydrogen-bond donors (Lipinski definition) is 2. The average molecular weight is 264 g/mol. The van der Waals surface area contributed by atoms with E-state index in [1.54, 1.807) is 0 Å². The molecule has 2 rings (SSSR count). The van der Waals surface area contributed by atoms with Crippen molar-refractivity contribution in [3.63, 3.8) is 0 Å². The maximum absolute atomic E-state index is 12.4. The molecule has 0 aromatic carbocycles. The second-order valence-corrected chi connectivity index (χ2v) is 6.04. The van der Waals surface area contributed by atoms with Gasteiger partial charge in [-0.2, -0.15) is 5.26 Å². The van der Waals surface area contributed by atoms with E-state index in [2.05, 4.69) is 11.4 Å². The van der Waals surface area contributed by atoms with Crippen LogP contribution in [0.15, 0.2) is 0 Å². The molecule has 2 fully saturated rings. The summed E-state index contributed by atoms with van der Waals surface area (Å²) in [7, 11) is 0. The summed E-state index contributed by atoms with van der Waals surface area (Å²) in [5.74, 6) is -0.152. The minimum atomic E-state index is -0.843. The predicted octanol–water partition coefficient (Wildman–Crippen LogP) is 2.27. The minimum Gasteiger partial charge on any atom is -0.391 e. The number of rotatable bonds is 2. The third kappa shape index (κ3) is 3.27. The molecule has 0 aromatic rings. The Morgan fingerprint density at radius 1 is 1.11 bits per heavy atom. The van der Waals surface area contributed by atoms with Crippen LogP contribution in [0.25, 0.3) is 0 Å². The number of nitrogens with zero attached hydrogens (tertiary/aromatic N) is 1. The zero-order chi connectivity index (χ0) is 13.7. The molecule has 4 nitrogen and oxygen atoms in total. The smallest absolute Gasteiger partial charge is 0.240 e. The molecule has 2 aliphatic rings. The Balaban J connectivity index is 2.00. The Bertz CT molecular complexity index is 356. The van der Waals surface area contributed by atoms with Crippen molar-refractivity contribution in [1.29, 1.82) is 5.26 Å². The highest BCUT2D eigenvalue weighted by molar-refractivity contribution is 5.85. The van der Waals surface area contributed by atoms with Crippen LogP contribution in [0.2, 0.25) is 0 Å². The van der Waals surface area contributed by atoms with E-state index in [1.165, 1.54) is 0 Å². The number of aliphatic hydroxyl groups is 1. The first-order chi connectivity index (χ1) is 9.18. The topological polar surface area (TPSA) is 73.1 Å². The predicted molar refractivity (Wildman–Crippen MR) is 72.2 cm³/mol. The lowest BCUT2D eigenvalue weighted by Gasteiger charge is -2.32. The SMILES string of the molecule is N#CC1(C(=O)NC2CCCCCC2O)CCCCC1. The van der Waals surface area contributed by atoms with Crippen LogP contribution in [-0.2, 0) is 4.79 Å². The van der Waals surface area contributed by atoms with E-state index in [4.69, 9.17) is 0 Å². The summed E-state index contributed by atoms with van der Waals surface area (Å²) in [5.41, 5.74) is -0.843. The number of aliphatic hydroxyl groups excluding tert-OH is 1. The third-order valence-corrected chi connectivity index (χ3v) is 4.65. The number of hydrogen-bond acceptors (Lipinski definition) is 3. The zero-order valence-corrected chi connectivity index (χ0v) is 11.5. The van der Waals surface area contributed by atoms with Gasteiger partial charge in [0, 0.05) is 0 Å².